The zero-order chi connectivity index (χ0) is 15.4. The summed E-state index contributed by atoms with van der Waals surface area (Å²) in [6.45, 7) is 6.89. The Morgan fingerprint density at radius 1 is 1.33 bits per heavy atom. The minimum Gasteiger partial charge on any atom is -0.381 e. The molecule has 3 rings (SSSR count). The molecular weight excluding hydrogens is 271 g/mol. The van der Waals surface area contributed by atoms with Crippen LogP contribution in [0.25, 0.3) is 0 Å². The first kappa shape index (κ1) is 14.3. The summed E-state index contributed by atoms with van der Waals surface area (Å²) < 4.78 is 13.6. The SMILES string of the molecule is CC1(C)C2CCC1(C)C(Nc1cc(F)cc([N+](=O)[O-])c1)C2. The molecule has 114 valence electrons. The average Bonchev–Trinajstić information content (AvgIpc) is 2.71. The standard InChI is InChI=1S/C16H21FN2O2/c1-15(2)10-4-5-16(15,3)14(6-10)18-12-7-11(17)8-13(9-12)19(20)21/h7-10,14,18H,4-6H2,1-3H3. The molecule has 1 aromatic carbocycles. The van der Waals surface area contributed by atoms with E-state index in [0.717, 1.165) is 18.9 Å². The van der Waals surface area contributed by atoms with Crippen molar-refractivity contribution in [2.75, 3.05) is 5.32 Å². The molecule has 2 bridgehead atoms. The van der Waals surface area contributed by atoms with Gasteiger partial charge < -0.3 is 5.32 Å². The molecule has 0 heterocycles. The summed E-state index contributed by atoms with van der Waals surface area (Å²) in [6.07, 6.45) is 3.44. The van der Waals surface area contributed by atoms with Gasteiger partial charge >= 0.3 is 0 Å². The zero-order valence-corrected chi connectivity index (χ0v) is 12.6. The molecule has 2 aliphatic rings. The van der Waals surface area contributed by atoms with E-state index in [1.807, 2.05) is 0 Å². The summed E-state index contributed by atoms with van der Waals surface area (Å²) in [6, 6.07) is 3.96. The summed E-state index contributed by atoms with van der Waals surface area (Å²) in [5.74, 6) is 0.0998. The van der Waals surface area contributed by atoms with Crippen LogP contribution in [0.1, 0.15) is 40.0 Å². The number of nitro groups is 1. The number of nitrogens with zero attached hydrogens (tertiary/aromatic N) is 1. The molecule has 0 saturated heterocycles. The highest BCUT2D eigenvalue weighted by Gasteiger charge is 2.61. The number of halogens is 1. The van der Waals surface area contributed by atoms with Crippen LogP contribution in [-0.2, 0) is 0 Å². The van der Waals surface area contributed by atoms with Crippen molar-refractivity contribution in [1.29, 1.82) is 0 Å². The number of rotatable bonds is 3. The van der Waals surface area contributed by atoms with E-state index in [4.69, 9.17) is 0 Å². The molecule has 1 aromatic rings. The van der Waals surface area contributed by atoms with Gasteiger partial charge in [0.15, 0.2) is 0 Å². The molecule has 0 radical (unpaired) electrons. The summed E-state index contributed by atoms with van der Waals surface area (Å²) in [5.41, 5.74) is 0.712. The lowest BCUT2D eigenvalue weighted by Crippen LogP contribution is -2.40. The minimum absolute atomic E-state index is 0.152. The number of nitro benzene ring substituents is 1. The smallest absolute Gasteiger partial charge is 0.274 e. The fraction of sp³-hybridized carbons (Fsp3) is 0.625. The van der Waals surface area contributed by atoms with Gasteiger partial charge in [0, 0.05) is 17.8 Å². The fourth-order valence-electron chi connectivity index (χ4n) is 4.39. The van der Waals surface area contributed by atoms with Crippen molar-refractivity contribution in [1.82, 2.24) is 0 Å². The van der Waals surface area contributed by atoms with Gasteiger partial charge in [-0.05, 0) is 42.1 Å². The maximum atomic E-state index is 13.6. The second kappa shape index (κ2) is 4.42. The normalized spacial score (nSPS) is 33.1. The van der Waals surface area contributed by atoms with Gasteiger partial charge in [0.05, 0.1) is 11.0 Å². The molecule has 5 heteroatoms. The Balaban J connectivity index is 1.87. The van der Waals surface area contributed by atoms with Crippen LogP contribution in [-0.4, -0.2) is 11.0 Å². The number of hydrogen-bond acceptors (Lipinski definition) is 3. The molecule has 3 unspecified atom stereocenters. The first-order valence-corrected chi connectivity index (χ1v) is 7.45. The van der Waals surface area contributed by atoms with Crippen LogP contribution < -0.4 is 5.32 Å². The van der Waals surface area contributed by atoms with E-state index in [2.05, 4.69) is 26.1 Å². The first-order chi connectivity index (χ1) is 9.74. The molecule has 4 nitrogen and oxygen atoms in total. The van der Waals surface area contributed by atoms with Gasteiger partial charge in [0.1, 0.15) is 5.82 Å². The van der Waals surface area contributed by atoms with Crippen LogP contribution in [0.3, 0.4) is 0 Å². The number of anilines is 1. The summed E-state index contributed by atoms with van der Waals surface area (Å²) in [7, 11) is 0. The summed E-state index contributed by atoms with van der Waals surface area (Å²) >= 11 is 0. The van der Waals surface area contributed by atoms with Crippen molar-refractivity contribution in [2.45, 2.75) is 46.1 Å². The highest BCUT2D eigenvalue weighted by Crippen LogP contribution is 2.65. The molecule has 21 heavy (non-hydrogen) atoms. The van der Waals surface area contributed by atoms with Crippen molar-refractivity contribution in [3.8, 4) is 0 Å². The third-order valence-corrected chi connectivity index (χ3v) is 6.23. The lowest BCUT2D eigenvalue weighted by Gasteiger charge is -2.39. The highest BCUT2D eigenvalue weighted by molar-refractivity contribution is 5.53. The van der Waals surface area contributed by atoms with Gasteiger partial charge in [-0.3, -0.25) is 10.1 Å². The molecule has 0 aliphatic heterocycles. The van der Waals surface area contributed by atoms with Crippen LogP contribution in [0.4, 0.5) is 15.8 Å². The zero-order valence-electron chi connectivity index (χ0n) is 12.6. The van der Waals surface area contributed by atoms with Crippen LogP contribution >= 0.6 is 0 Å². The predicted octanol–water partition coefficient (Wildman–Crippen LogP) is 4.36. The fourth-order valence-corrected chi connectivity index (χ4v) is 4.39. The molecule has 0 amide bonds. The molecule has 2 saturated carbocycles. The topological polar surface area (TPSA) is 55.2 Å². The van der Waals surface area contributed by atoms with Crippen LogP contribution in [0.5, 0.6) is 0 Å². The first-order valence-electron chi connectivity index (χ1n) is 7.45. The number of benzene rings is 1. The predicted molar refractivity (Wildman–Crippen MR) is 79.7 cm³/mol. The van der Waals surface area contributed by atoms with Gasteiger partial charge in [0.2, 0.25) is 0 Å². The molecular formula is C16H21FN2O2. The van der Waals surface area contributed by atoms with Crippen molar-refractivity contribution in [3.05, 3.63) is 34.1 Å². The summed E-state index contributed by atoms with van der Waals surface area (Å²) in [4.78, 5) is 10.3. The second-order valence-electron chi connectivity index (χ2n) is 7.26. The van der Waals surface area contributed by atoms with E-state index in [-0.39, 0.29) is 22.6 Å². The number of fused-ring (bicyclic) bond motifs is 2. The van der Waals surface area contributed by atoms with Gasteiger partial charge in [0.25, 0.3) is 5.69 Å². The number of hydrogen-bond donors (Lipinski definition) is 1. The quantitative estimate of drug-likeness (QED) is 0.665. The lowest BCUT2D eigenvalue weighted by atomic mass is 9.69. The van der Waals surface area contributed by atoms with E-state index < -0.39 is 10.7 Å². The molecule has 2 aliphatic carbocycles. The highest BCUT2D eigenvalue weighted by atomic mass is 19.1. The van der Waals surface area contributed by atoms with E-state index >= 15 is 0 Å². The monoisotopic (exact) mass is 292 g/mol. The maximum Gasteiger partial charge on any atom is 0.274 e. The second-order valence-corrected chi connectivity index (χ2v) is 7.26. The van der Waals surface area contributed by atoms with E-state index in [9.17, 15) is 14.5 Å². The molecule has 2 fully saturated rings. The Morgan fingerprint density at radius 3 is 2.57 bits per heavy atom. The Labute approximate surface area is 123 Å². The van der Waals surface area contributed by atoms with E-state index in [0.29, 0.717) is 11.6 Å². The third-order valence-electron chi connectivity index (χ3n) is 6.23. The number of nitrogens with one attached hydrogen (secondary N) is 1. The van der Waals surface area contributed by atoms with Crippen molar-refractivity contribution in [2.24, 2.45) is 16.7 Å². The lowest BCUT2D eigenvalue weighted by molar-refractivity contribution is -0.385. The molecule has 0 aromatic heterocycles. The Morgan fingerprint density at radius 2 is 2.05 bits per heavy atom. The van der Waals surface area contributed by atoms with Crippen molar-refractivity contribution >= 4 is 11.4 Å². The van der Waals surface area contributed by atoms with E-state index in [1.54, 1.807) is 0 Å². The van der Waals surface area contributed by atoms with Gasteiger partial charge in [-0.15, -0.1) is 0 Å². The number of non-ortho nitro benzene ring substituents is 1. The van der Waals surface area contributed by atoms with Crippen LogP contribution in [0.2, 0.25) is 0 Å². The van der Waals surface area contributed by atoms with Crippen LogP contribution in [0.15, 0.2) is 18.2 Å². The molecule has 1 N–H and O–H groups in total. The Bertz CT molecular complexity index is 602. The average molecular weight is 292 g/mol. The van der Waals surface area contributed by atoms with Gasteiger partial charge in [-0.1, -0.05) is 20.8 Å². The largest absolute Gasteiger partial charge is 0.381 e. The van der Waals surface area contributed by atoms with Gasteiger partial charge in [-0.25, -0.2) is 4.39 Å². The third kappa shape index (κ3) is 2.01. The summed E-state index contributed by atoms with van der Waals surface area (Å²) in [5, 5.41) is 14.2. The van der Waals surface area contributed by atoms with Crippen LogP contribution in [0, 0.1) is 32.7 Å². The van der Waals surface area contributed by atoms with E-state index in [1.165, 1.54) is 18.6 Å². The molecule has 3 atom stereocenters. The Kier molecular flexibility index (Phi) is 3.01. The maximum absolute atomic E-state index is 13.6. The van der Waals surface area contributed by atoms with Gasteiger partial charge in [-0.2, -0.15) is 0 Å². The van der Waals surface area contributed by atoms with Crippen molar-refractivity contribution < 1.29 is 9.31 Å². The van der Waals surface area contributed by atoms with Crippen molar-refractivity contribution in [3.63, 3.8) is 0 Å². The minimum atomic E-state index is -0.570. The molecule has 0 spiro atoms. The Hall–Kier alpha value is -1.65.